The van der Waals surface area contributed by atoms with Gasteiger partial charge in [-0.05, 0) is 45.6 Å². The highest BCUT2D eigenvalue weighted by Gasteiger charge is 2.41. The van der Waals surface area contributed by atoms with Gasteiger partial charge in [-0.2, -0.15) is 0 Å². The summed E-state index contributed by atoms with van der Waals surface area (Å²) in [5.41, 5.74) is -0.676. The van der Waals surface area contributed by atoms with Gasteiger partial charge in [-0.15, -0.1) is 0 Å². The molecular formula is C13H26N2O2. The van der Waals surface area contributed by atoms with Crippen molar-refractivity contribution >= 4 is 5.91 Å². The van der Waals surface area contributed by atoms with Crippen molar-refractivity contribution in [1.29, 1.82) is 0 Å². The summed E-state index contributed by atoms with van der Waals surface area (Å²) in [7, 11) is 0. The van der Waals surface area contributed by atoms with Gasteiger partial charge in [0.25, 0.3) is 0 Å². The van der Waals surface area contributed by atoms with E-state index in [0.717, 1.165) is 32.2 Å². The Labute approximate surface area is 104 Å². The molecule has 1 aliphatic rings. The number of nitrogens with one attached hydrogen (secondary N) is 2. The number of carbonyl (C=O) groups excluding carboxylic acids is 1. The minimum Gasteiger partial charge on any atom is -0.396 e. The van der Waals surface area contributed by atoms with E-state index in [4.69, 9.17) is 5.11 Å². The number of amides is 1. The lowest BCUT2D eigenvalue weighted by atomic mass is 9.89. The van der Waals surface area contributed by atoms with Crippen LogP contribution in [0.25, 0.3) is 0 Å². The highest BCUT2D eigenvalue weighted by molar-refractivity contribution is 5.87. The van der Waals surface area contributed by atoms with Gasteiger partial charge in [-0.3, -0.25) is 4.79 Å². The van der Waals surface area contributed by atoms with Gasteiger partial charge in [-0.25, -0.2) is 0 Å². The Balaban J connectivity index is 2.69. The molecule has 4 nitrogen and oxygen atoms in total. The molecule has 0 aromatic carbocycles. The number of hydrogen-bond donors (Lipinski definition) is 3. The molecule has 1 aliphatic heterocycles. The average Bonchev–Trinajstić information content (AvgIpc) is 2.79. The van der Waals surface area contributed by atoms with E-state index in [9.17, 15) is 4.79 Å². The second kappa shape index (κ2) is 5.83. The molecule has 2 unspecified atom stereocenters. The minimum absolute atomic E-state index is 0.0929. The van der Waals surface area contributed by atoms with Gasteiger partial charge in [0.1, 0.15) is 0 Å². The molecule has 1 heterocycles. The van der Waals surface area contributed by atoms with Crippen LogP contribution in [0, 0.1) is 0 Å². The highest BCUT2D eigenvalue weighted by atomic mass is 16.3. The van der Waals surface area contributed by atoms with Crippen molar-refractivity contribution in [3.8, 4) is 0 Å². The van der Waals surface area contributed by atoms with Crippen LogP contribution in [0.4, 0.5) is 0 Å². The largest absolute Gasteiger partial charge is 0.396 e. The van der Waals surface area contributed by atoms with Gasteiger partial charge in [-0.1, -0.05) is 13.8 Å². The Hall–Kier alpha value is -0.610. The number of aliphatic hydroxyl groups excluding tert-OH is 1. The van der Waals surface area contributed by atoms with E-state index in [-0.39, 0.29) is 23.6 Å². The molecule has 0 saturated carbocycles. The van der Waals surface area contributed by atoms with Gasteiger partial charge < -0.3 is 15.7 Å². The van der Waals surface area contributed by atoms with Gasteiger partial charge in [0.2, 0.25) is 5.91 Å². The molecule has 1 amide bonds. The van der Waals surface area contributed by atoms with Crippen molar-refractivity contribution in [1.82, 2.24) is 10.6 Å². The van der Waals surface area contributed by atoms with Gasteiger partial charge >= 0.3 is 0 Å². The maximum absolute atomic E-state index is 12.4. The Morgan fingerprint density at radius 2 is 2.24 bits per heavy atom. The first-order valence-electron chi connectivity index (χ1n) is 6.70. The zero-order valence-electron chi connectivity index (χ0n) is 11.3. The lowest BCUT2D eigenvalue weighted by Crippen LogP contribution is -2.59. The fourth-order valence-electron chi connectivity index (χ4n) is 2.43. The van der Waals surface area contributed by atoms with Crippen molar-refractivity contribution in [2.75, 3.05) is 13.2 Å². The first-order valence-corrected chi connectivity index (χ1v) is 6.70. The number of aliphatic hydroxyl groups is 1. The summed E-state index contributed by atoms with van der Waals surface area (Å²) in [6, 6.07) is 0. The van der Waals surface area contributed by atoms with E-state index >= 15 is 0 Å². The lowest BCUT2D eigenvalue weighted by molar-refractivity contribution is -0.129. The zero-order chi connectivity index (χ0) is 12.9. The van der Waals surface area contributed by atoms with Crippen molar-refractivity contribution in [2.45, 2.75) is 64.0 Å². The Kier molecular flexibility index (Phi) is 4.95. The first kappa shape index (κ1) is 14.5. The smallest absolute Gasteiger partial charge is 0.240 e. The number of hydrogen-bond acceptors (Lipinski definition) is 3. The highest BCUT2D eigenvalue weighted by Crippen LogP contribution is 2.25. The second-order valence-corrected chi connectivity index (χ2v) is 5.31. The molecule has 1 fully saturated rings. The summed E-state index contributed by atoms with van der Waals surface area (Å²) in [6.45, 7) is 7.12. The molecule has 100 valence electrons. The van der Waals surface area contributed by atoms with E-state index in [2.05, 4.69) is 10.6 Å². The summed E-state index contributed by atoms with van der Waals surface area (Å²) >= 11 is 0. The third-order valence-electron chi connectivity index (χ3n) is 4.14. The van der Waals surface area contributed by atoms with Crippen molar-refractivity contribution in [3.05, 3.63) is 0 Å². The molecular weight excluding hydrogens is 216 g/mol. The molecule has 0 bridgehead atoms. The Morgan fingerprint density at radius 3 is 2.65 bits per heavy atom. The molecule has 4 heteroatoms. The zero-order valence-corrected chi connectivity index (χ0v) is 11.3. The molecule has 1 saturated heterocycles. The first-order chi connectivity index (χ1) is 8.02. The van der Waals surface area contributed by atoms with Crippen LogP contribution in [0.2, 0.25) is 0 Å². The summed E-state index contributed by atoms with van der Waals surface area (Å²) in [5.74, 6) is 0.0929. The molecule has 0 spiro atoms. The SMILES string of the molecule is CCC(C)(CCO)NC(=O)C1(CC)CCCN1. The van der Waals surface area contributed by atoms with Crippen LogP contribution in [0.1, 0.15) is 52.9 Å². The van der Waals surface area contributed by atoms with Crippen molar-refractivity contribution < 1.29 is 9.90 Å². The van der Waals surface area contributed by atoms with E-state index < -0.39 is 0 Å². The normalized spacial score (nSPS) is 27.8. The molecule has 0 aromatic heterocycles. The van der Waals surface area contributed by atoms with Crippen LogP contribution in [-0.4, -0.2) is 35.2 Å². The van der Waals surface area contributed by atoms with E-state index in [1.165, 1.54) is 0 Å². The van der Waals surface area contributed by atoms with Gasteiger partial charge in [0, 0.05) is 12.1 Å². The third-order valence-corrected chi connectivity index (χ3v) is 4.14. The van der Waals surface area contributed by atoms with Crippen LogP contribution < -0.4 is 10.6 Å². The molecule has 0 aliphatic carbocycles. The summed E-state index contributed by atoms with van der Waals surface area (Å²) < 4.78 is 0. The van der Waals surface area contributed by atoms with Crippen molar-refractivity contribution in [2.24, 2.45) is 0 Å². The Morgan fingerprint density at radius 1 is 1.53 bits per heavy atom. The quantitative estimate of drug-likeness (QED) is 0.655. The summed E-state index contributed by atoms with van der Waals surface area (Å²) in [6.07, 6.45) is 4.23. The second-order valence-electron chi connectivity index (χ2n) is 5.31. The lowest BCUT2D eigenvalue weighted by Gasteiger charge is -2.35. The van der Waals surface area contributed by atoms with Crippen LogP contribution in [0.3, 0.4) is 0 Å². The monoisotopic (exact) mass is 242 g/mol. The molecule has 0 aromatic rings. The van der Waals surface area contributed by atoms with Crippen LogP contribution in [0.5, 0.6) is 0 Å². The predicted octanol–water partition coefficient (Wildman–Crippen LogP) is 1.19. The van der Waals surface area contributed by atoms with Gasteiger partial charge in [0.05, 0.1) is 5.54 Å². The van der Waals surface area contributed by atoms with Crippen LogP contribution >= 0.6 is 0 Å². The van der Waals surface area contributed by atoms with Crippen LogP contribution in [0.15, 0.2) is 0 Å². The van der Waals surface area contributed by atoms with E-state index in [1.54, 1.807) is 0 Å². The topological polar surface area (TPSA) is 61.4 Å². The average molecular weight is 242 g/mol. The summed E-state index contributed by atoms with van der Waals surface area (Å²) in [5, 5.41) is 15.5. The van der Waals surface area contributed by atoms with Crippen LogP contribution in [-0.2, 0) is 4.79 Å². The standard InChI is InChI=1S/C13H26N2O2/c1-4-12(3,8-10-16)15-11(17)13(5-2)7-6-9-14-13/h14,16H,4-10H2,1-3H3,(H,15,17). The fourth-order valence-corrected chi connectivity index (χ4v) is 2.43. The van der Waals surface area contributed by atoms with E-state index in [1.807, 2.05) is 20.8 Å². The fraction of sp³-hybridized carbons (Fsp3) is 0.923. The van der Waals surface area contributed by atoms with Gasteiger partial charge in [0.15, 0.2) is 0 Å². The molecule has 2 atom stereocenters. The summed E-state index contributed by atoms with van der Waals surface area (Å²) in [4.78, 5) is 12.4. The maximum Gasteiger partial charge on any atom is 0.240 e. The minimum atomic E-state index is -0.383. The predicted molar refractivity (Wildman–Crippen MR) is 68.8 cm³/mol. The third kappa shape index (κ3) is 3.19. The number of carbonyl (C=O) groups is 1. The maximum atomic E-state index is 12.4. The molecule has 17 heavy (non-hydrogen) atoms. The molecule has 1 rings (SSSR count). The molecule has 0 radical (unpaired) electrons. The Bertz CT molecular complexity index is 262. The van der Waals surface area contributed by atoms with Crippen molar-refractivity contribution in [3.63, 3.8) is 0 Å². The number of rotatable bonds is 6. The molecule has 3 N–H and O–H groups in total. The van der Waals surface area contributed by atoms with E-state index in [0.29, 0.717) is 6.42 Å².